The van der Waals surface area contributed by atoms with Crippen molar-refractivity contribution < 1.29 is 9.59 Å². The highest BCUT2D eigenvalue weighted by atomic mass is 35.5. The number of aromatic nitrogens is 1. The van der Waals surface area contributed by atoms with Gasteiger partial charge in [0.2, 0.25) is 11.8 Å². The molecule has 0 fully saturated rings. The van der Waals surface area contributed by atoms with Gasteiger partial charge in [-0.05, 0) is 18.6 Å². The summed E-state index contributed by atoms with van der Waals surface area (Å²) in [6.07, 6.45) is 0.898. The molecule has 0 unspecified atom stereocenters. The molecule has 1 aromatic carbocycles. The van der Waals surface area contributed by atoms with Crippen LogP contribution in [-0.4, -0.2) is 23.3 Å². The summed E-state index contributed by atoms with van der Waals surface area (Å²) in [5, 5.41) is 8.84. The average Bonchev–Trinajstić information content (AvgIpc) is 2.95. The van der Waals surface area contributed by atoms with Gasteiger partial charge in [-0.2, -0.15) is 0 Å². The van der Waals surface area contributed by atoms with Crippen molar-refractivity contribution in [1.82, 2.24) is 10.3 Å². The third kappa shape index (κ3) is 5.49. The molecule has 8 heteroatoms. The number of halogens is 2. The zero-order valence-corrected chi connectivity index (χ0v) is 14.7. The SMILES string of the molecule is CC(=O)NCCCC(=O)Nc1csc(-c2ccc(Cl)c(Cl)c2)n1. The van der Waals surface area contributed by atoms with Crippen molar-refractivity contribution in [3.8, 4) is 10.6 Å². The lowest BCUT2D eigenvalue weighted by molar-refractivity contribution is -0.119. The molecule has 1 aromatic heterocycles. The number of anilines is 1. The summed E-state index contributed by atoms with van der Waals surface area (Å²) in [6.45, 7) is 1.92. The molecule has 2 amide bonds. The number of thiazole rings is 1. The topological polar surface area (TPSA) is 71.1 Å². The Bertz CT molecular complexity index is 718. The van der Waals surface area contributed by atoms with Crippen molar-refractivity contribution in [2.75, 3.05) is 11.9 Å². The number of carbonyl (C=O) groups excluding carboxylic acids is 2. The Labute approximate surface area is 148 Å². The zero-order chi connectivity index (χ0) is 16.8. The maximum atomic E-state index is 11.8. The number of nitrogens with zero attached hydrogens (tertiary/aromatic N) is 1. The molecule has 2 N–H and O–H groups in total. The quantitative estimate of drug-likeness (QED) is 0.754. The summed E-state index contributed by atoms with van der Waals surface area (Å²) >= 11 is 13.3. The molecule has 2 aromatic rings. The first-order chi connectivity index (χ1) is 11.0. The van der Waals surface area contributed by atoms with Crippen LogP contribution >= 0.6 is 34.5 Å². The van der Waals surface area contributed by atoms with Crippen molar-refractivity contribution >= 4 is 52.2 Å². The molecule has 0 bridgehead atoms. The fourth-order valence-electron chi connectivity index (χ4n) is 1.81. The van der Waals surface area contributed by atoms with Crippen molar-refractivity contribution in [2.45, 2.75) is 19.8 Å². The van der Waals surface area contributed by atoms with E-state index >= 15 is 0 Å². The van der Waals surface area contributed by atoms with E-state index in [9.17, 15) is 9.59 Å². The molecule has 0 aliphatic rings. The number of carbonyl (C=O) groups is 2. The van der Waals surface area contributed by atoms with Crippen LogP contribution in [0.25, 0.3) is 10.6 Å². The standard InChI is InChI=1S/C15H15Cl2N3O2S/c1-9(21)18-6-2-3-14(22)19-13-8-23-15(20-13)10-4-5-11(16)12(17)7-10/h4-5,7-8H,2-3,6H2,1H3,(H,18,21)(H,19,22). The van der Waals surface area contributed by atoms with E-state index in [1.807, 2.05) is 6.07 Å². The minimum atomic E-state index is -0.138. The van der Waals surface area contributed by atoms with Gasteiger partial charge >= 0.3 is 0 Å². The lowest BCUT2D eigenvalue weighted by atomic mass is 10.2. The van der Waals surface area contributed by atoms with Gasteiger partial charge in [0.05, 0.1) is 10.0 Å². The molecule has 5 nitrogen and oxygen atoms in total. The largest absolute Gasteiger partial charge is 0.356 e. The molecule has 1 heterocycles. The molecule has 0 saturated heterocycles. The van der Waals surface area contributed by atoms with Gasteiger partial charge in [0.25, 0.3) is 0 Å². The van der Waals surface area contributed by atoms with Crippen molar-refractivity contribution in [3.63, 3.8) is 0 Å². The van der Waals surface area contributed by atoms with Gasteiger partial charge in [-0.1, -0.05) is 29.3 Å². The minimum Gasteiger partial charge on any atom is -0.356 e. The van der Waals surface area contributed by atoms with E-state index in [-0.39, 0.29) is 11.8 Å². The molecule has 0 aliphatic carbocycles. The van der Waals surface area contributed by atoms with Gasteiger partial charge in [0.1, 0.15) is 10.8 Å². The maximum absolute atomic E-state index is 11.8. The first-order valence-corrected chi connectivity index (χ1v) is 8.54. The molecule has 23 heavy (non-hydrogen) atoms. The van der Waals surface area contributed by atoms with E-state index < -0.39 is 0 Å². The van der Waals surface area contributed by atoms with Crippen LogP contribution in [0, 0.1) is 0 Å². The predicted octanol–water partition coefficient (Wildman–Crippen LogP) is 3.97. The first kappa shape index (κ1) is 17.7. The summed E-state index contributed by atoms with van der Waals surface area (Å²) in [5.41, 5.74) is 0.843. The van der Waals surface area contributed by atoms with Crippen molar-refractivity contribution in [2.24, 2.45) is 0 Å². The second-order valence-electron chi connectivity index (χ2n) is 4.80. The van der Waals surface area contributed by atoms with Crippen molar-refractivity contribution in [1.29, 1.82) is 0 Å². The van der Waals surface area contributed by atoms with Crippen LogP contribution in [0.1, 0.15) is 19.8 Å². The van der Waals surface area contributed by atoms with Crippen LogP contribution in [0.3, 0.4) is 0 Å². The Hall–Kier alpha value is -1.63. The highest BCUT2D eigenvalue weighted by Gasteiger charge is 2.09. The lowest BCUT2D eigenvalue weighted by Crippen LogP contribution is -2.22. The molecule has 2 rings (SSSR count). The Morgan fingerprint density at radius 2 is 2.04 bits per heavy atom. The van der Waals surface area contributed by atoms with Gasteiger partial charge < -0.3 is 10.6 Å². The van der Waals surface area contributed by atoms with E-state index in [1.54, 1.807) is 17.5 Å². The third-order valence-corrected chi connectivity index (χ3v) is 4.52. The fourth-order valence-corrected chi connectivity index (χ4v) is 2.86. The molecule has 0 aliphatic heterocycles. The second kappa shape index (κ2) is 8.29. The Balaban J connectivity index is 1.90. The van der Waals surface area contributed by atoms with Crippen LogP contribution in [-0.2, 0) is 9.59 Å². The van der Waals surface area contributed by atoms with Crippen LogP contribution in [0.15, 0.2) is 23.6 Å². The van der Waals surface area contributed by atoms with Gasteiger partial charge in [0, 0.05) is 30.8 Å². The Morgan fingerprint density at radius 1 is 1.26 bits per heavy atom. The summed E-state index contributed by atoms with van der Waals surface area (Å²) in [6, 6.07) is 5.27. The van der Waals surface area contributed by atoms with Crippen LogP contribution in [0.2, 0.25) is 10.0 Å². The number of nitrogens with one attached hydrogen (secondary N) is 2. The minimum absolute atomic E-state index is 0.101. The number of benzene rings is 1. The van der Waals surface area contributed by atoms with E-state index in [1.165, 1.54) is 18.3 Å². The average molecular weight is 372 g/mol. The van der Waals surface area contributed by atoms with Gasteiger partial charge in [-0.15, -0.1) is 11.3 Å². The fraction of sp³-hybridized carbons (Fsp3) is 0.267. The zero-order valence-electron chi connectivity index (χ0n) is 12.4. The summed E-state index contributed by atoms with van der Waals surface area (Å²) < 4.78 is 0. The number of hydrogen-bond donors (Lipinski definition) is 2. The molecule has 122 valence electrons. The first-order valence-electron chi connectivity index (χ1n) is 6.91. The molecular formula is C15H15Cl2N3O2S. The van der Waals surface area contributed by atoms with E-state index in [4.69, 9.17) is 23.2 Å². The predicted molar refractivity (Wildman–Crippen MR) is 94.1 cm³/mol. The lowest BCUT2D eigenvalue weighted by Gasteiger charge is -2.03. The maximum Gasteiger partial charge on any atom is 0.225 e. The third-order valence-electron chi connectivity index (χ3n) is 2.89. The molecule has 0 spiro atoms. The smallest absolute Gasteiger partial charge is 0.225 e. The molecule has 0 radical (unpaired) electrons. The van der Waals surface area contributed by atoms with Crippen molar-refractivity contribution in [3.05, 3.63) is 33.6 Å². The molecule has 0 atom stereocenters. The highest BCUT2D eigenvalue weighted by Crippen LogP contribution is 2.31. The highest BCUT2D eigenvalue weighted by molar-refractivity contribution is 7.13. The Kier molecular flexibility index (Phi) is 6.38. The monoisotopic (exact) mass is 371 g/mol. The van der Waals surface area contributed by atoms with E-state index in [0.29, 0.717) is 35.2 Å². The van der Waals surface area contributed by atoms with Gasteiger partial charge in [-0.25, -0.2) is 4.98 Å². The summed E-state index contributed by atoms with van der Waals surface area (Å²) in [4.78, 5) is 26.9. The Morgan fingerprint density at radius 3 is 2.74 bits per heavy atom. The number of amides is 2. The summed E-state index contributed by atoms with van der Waals surface area (Å²) in [5.74, 6) is 0.262. The molecule has 0 saturated carbocycles. The second-order valence-corrected chi connectivity index (χ2v) is 6.47. The van der Waals surface area contributed by atoms with Crippen LogP contribution < -0.4 is 10.6 Å². The molecular weight excluding hydrogens is 357 g/mol. The van der Waals surface area contributed by atoms with Gasteiger partial charge in [0.15, 0.2) is 0 Å². The number of rotatable bonds is 6. The summed E-state index contributed by atoms with van der Waals surface area (Å²) in [7, 11) is 0. The number of hydrogen-bond acceptors (Lipinski definition) is 4. The van der Waals surface area contributed by atoms with Crippen LogP contribution in [0.5, 0.6) is 0 Å². The van der Waals surface area contributed by atoms with Gasteiger partial charge in [-0.3, -0.25) is 9.59 Å². The van der Waals surface area contributed by atoms with E-state index in [0.717, 1.165) is 10.6 Å². The normalized spacial score (nSPS) is 10.4. The van der Waals surface area contributed by atoms with Crippen LogP contribution in [0.4, 0.5) is 5.82 Å². The van der Waals surface area contributed by atoms with E-state index in [2.05, 4.69) is 15.6 Å².